The first-order valence-corrected chi connectivity index (χ1v) is 5.59. The van der Waals surface area contributed by atoms with Gasteiger partial charge in [0.15, 0.2) is 0 Å². The summed E-state index contributed by atoms with van der Waals surface area (Å²) < 4.78 is 10.8. The Morgan fingerprint density at radius 1 is 1.50 bits per heavy atom. The Morgan fingerprint density at radius 2 is 2.22 bits per heavy atom. The van der Waals surface area contributed by atoms with Crippen LogP contribution in [0.2, 0.25) is 0 Å². The Labute approximate surface area is 112 Å². The van der Waals surface area contributed by atoms with Crippen LogP contribution in [0.1, 0.15) is 17.2 Å². The van der Waals surface area contributed by atoms with Crippen molar-refractivity contribution in [2.24, 2.45) is 5.73 Å². The van der Waals surface area contributed by atoms with Crippen LogP contribution >= 0.6 is 12.4 Å². The summed E-state index contributed by atoms with van der Waals surface area (Å²) in [7, 11) is -1.01. The Kier molecular flexibility index (Phi) is 5.43. The number of halogens is 1. The van der Waals surface area contributed by atoms with Gasteiger partial charge in [0.05, 0.1) is 12.7 Å². The number of benzene rings is 1. The SMILES string of the molecule is Cc1ccc2c(c1OCCO)B(O)OC2CN.Cl. The van der Waals surface area contributed by atoms with E-state index in [1.807, 2.05) is 19.1 Å². The third kappa shape index (κ3) is 2.63. The summed E-state index contributed by atoms with van der Waals surface area (Å²) in [5, 5.41) is 18.7. The van der Waals surface area contributed by atoms with E-state index in [1.165, 1.54) is 0 Å². The molecule has 4 N–H and O–H groups in total. The standard InChI is InChI=1S/C11H16BNO4.ClH/c1-7-2-3-8-9(6-13)17-12(15)10(8)11(7)16-5-4-14;/h2-3,9,14-15H,4-6,13H2,1H3;1H. The molecule has 1 heterocycles. The monoisotopic (exact) mass is 273 g/mol. The smallest absolute Gasteiger partial charge is 0.491 e. The maximum absolute atomic E-state index is 9.87. The van der Waals surface area contributed by atoms with E-state index in [2.05, 4.69) is 0 Å². The molecule has 0 spiro atoms. The molecule has 0 saturated heterocycles. The van der Waals surface area contributed by atoms with Crippen LogP contribution in [0.4, 0.5) is 0 Å². The number of aliphatic hydroxyl groups excluding tert-OH is 1. The molecular weight excluding hydrogens is 256 g/mol. The van der Waals surface area contributed by atoms with Gasteiger partial charge in [0, 0.05) is 12.0 Å². The minimum Gasteiger partial charge on any atom is -0.491 e. The summed E-state index contributed by atoms with van der Waals surface area (Å²) in [4.78, 5) is 0. The quantitative estimate of drug-likeness (QED) is 0.645. The third-order valence-electron chi connectivity index (χ3n) is 2.87. The molecule has 100 valence electrons. The highest BCUT2D eigenvalue weighted by Gasteiger charge is 2.37. The fourth-order valence-electron chi connectivity index (χ4n) is 2.08. The molecule has 0 aliphatic carbocycles. The average molecular weight is 274 g/mol. The predicted octanol–water partition coefficient (Wildman–Crippen LogP) is -0.495. The molecule has 0 amide bonds. The minimum atomic E-state index is -1.01. The first kappa shape index (κ1) is 15.3. The lowest BCUT2D eigenvalue weighted by molar-refractivity contribution is 0.197. The van der Waals surface area contributed by atoms with Crippen molar-refractivity contribution in [1.82, 2.24) is 0 Å². The molecule has 1 aromatic carbocycles. The van der Waals surface area contributed by atoms with Crippen LogP contribution < -0.4 is 15.9 Å². The van der Waals surface area contributed by atoms with Crippen LogP contribution in [0, 0.1) is 6.92 Å². The number of fused-ring (bicyclic) bond motifs is 1. The van der Waals surface area contributed by atoms with E-state index in [4.69, 9.17) is 20.2 Å². The molecule has 5 nitrogen and oxygen atoms in total. The molecular formula is C11H17BClNO4. The zero-order chi connectivity index (χ0) is 12.4. The summed E-state index contributed by atoms with van der Waals surface area (Å²) >= 11 is 0. The van der Waals surface area contributed by atoms with Crippen molar-refractivity contribution in [2.75, 3.05) is 19.8 Å². The van der Waals surface area contributed by atoms with Gasteiger partial charge in [-0.2, -0.15) is 0 Å². The molecule has 0 saturated carbocycles. The molecule has 1 aliphatic rings. The van der Waals surface area contributed by atoms with Gasteiger partial charge in [-0.05, 0) is 18.1 Å². The molecule has 0 bridgehead atoms. The van der Waals surface area contributed by atoms with E-state index in [0.717, 1.165) is 11.1 Å². The highest BCUT2D eigenvalue weighted by molar-refractivity contribution is 6.63. The largest absolute Gasteiger partial charge is 0.495 e. The Hall–Kier alpha value is -0.785. The molecule has 1 atom stereocenters. The number of aryl methyl sites for hydroxylation is 1. The molecule has 0 radical (unpaired) electrons. The minimum absolute atomic E-state index is 0. The second-order valence-electron chi connectivity index (χ2n) is 4.00. The average Bonchev–Trinajstić information content (AvgIpc) is 2.65. The van der Waals surface area contributed by atoms with Crippen LogP contribution in [0.25, 0.3) is 0 Å². The van der Waals surface area contributed by atoms with E-state index in [0.29, 0.717) is 17.8 Å². The second kappa shape index (κ2) is 6.40. The highest BCUT2D eigenvalue weighted by atomic mass is 35.5. The maximum atomic E-state index is 9.87. The van der Waals surface area contributed by atoms with E-state index in [1.54, 1.807) is 0 Å². The Balaban J connectivity index is 0.00000162. The molecule has 0 aromatic heterocycles. The van der Waals surface area contributed by atoms with Crippen LogP contribution in [0.3, 0.4) is 0 Å². The summed E-state index contributed by atoms with van der Waals surface area (Å²) in [6.45, 7) is 2.32. The van der Waals surface area contributed by atoms with Crippen LogP contribution in [-0.2, 0) is 4.65 Å². The lowest BCUT2D eigenvalue weighted by Crippen LogP contribution is -2.31. The fourth-order valence-corrected chi connectivity index (χ4v) is 2.08. The maximum Gasteiger partial charge on any atom is 0.495 e. The number of hydrogen-bond donors (Lipinski definition) is 3. The van der Waals surface area contributed by atoms with Crippen molar-refractivity contribution < 1.29 is 19.5 Å². The third-order valence-corrected chi connectivity index (χ3v) is 2.87. The molecule has 0 fully saturated rings. The van der Waals surface area contributed by atoms with E-state index >= 15 is 0 Å². The van der Waals surface area contributed by atoms with E-state index in [9.17, 15) is 5.02 Å². The molecule has 1 aliphatic heterocycles. The van der Waals surface area contributed by atoms with Crippen LogP contribution in [-0.4, -0.2) is 37.0 Å². The number of ether oxygens (including phenoxy) is 1. The van der Waals surface area contributed by atoms with Gasteiger partial charge in [-0.25, -0.2) is 0 Å². The Morgan fingerprint density at radius 3 is 2.83 bits per heavy atom. The van der Waals surface area contributed by atoms with Gasteiger partial charge >= 0.3 is 7.12 Å². The van der Waals surface area contributed by atoms with Gasteiger partial charge in [0.2, 0.25) is 0 Å². The summed E-state index contributed by atoms with van der Waals surface area (Å²) in [6, 6.07) is 3.79. The van der Waals surface area contributed by atoms with Crippen molar-refractivity contribution in [2.45, 2.75) is 13.0 Å². The van der Waals surface area contributed by atoms with Crippen molar-refractivity contribution in [3.8, 4) is 5.75 Å². The van der Waals surface area contributed by atoms with Crippen LogP contribution in [0.5, 0.6) is 5.75 Å². The molecule has 1 aromatic rings. The zero-order valence-corrected chi connectivity index (χ0v) is 10.9. The number of nitrogens with two attached hydrogens (primary N) is 1. The first-order valence-electron chi connectivity index (χ1n) is 5.59. The number of rotatable bonds is 4. The molecule has 2 rings (SSSR count). The van der Waals surface area contributed by atoms with E-state index < -0.39 is 7.12 Å². The Bertz CT molecular complexity index is 418. The van der Waals surface area contributed by atoms with Gasteiger partial charge < -0.3 is 25.3 Å². The summed E-state index contributed by atoms with van der Waals surface area (Å²) in [5.41, 5.74) is 7.98. The van der Waals surface area contributed by atoms with Gasteiger partial charge in [0.25, 0.3) is 0 Å². The van der Waals surface area contributed by atoms with Gasteiger partial charge in [-0.1, -0.05) is 12.1 Å². The fraction of sp³-hybridized carbons (Fsp3) is 0.455. The van der Waals surface area contributed by atoms with Crippen molar-refractivity contribution in [3.05, 3.63) is 23.3 Å². The summed E-state index contributed by atoms with van der Waals surface area (Å²) in [5.74, 6) is 0.583. The first-order chi connectivity index (χ1) is 8.19. The van der Waals surface area contributed by atoms with Crippen molar-refractivity contribution >= 4 is 25.0 Å². The highest BCUT2D eigenvalue weighted by Crippen LogP contribution is 2.29. The molecule has 7 heteroatoms. The lowest BCUT2D eigenvalue weighted by Gasteiger charge is -2.13. The topological polar surface area (TPSA) is 84.9 Å². The normalized spacial score (nSPS) is 17.3. The molecule has 1 unspecified atom stereocenters. The zero-order valence-electron chi connectivity index (χ0n) is 10.1. The van der Waals surface area contributed by atoms with Crippen LogP contribution in [0.15, 0.2) is 12.1 Å². The lowest BCUT2D eigenvalue weighted by atomic mass is 9.77. The summed E-state index contributed by atoms with van der Waals surface area (Å²) in [6.07, 6.45) is -0.294. The van der Waals surface area contributed by atoms with Crippen molar-refractivity contribution in [1.29, 1.82) is 0 Å². The van der Waals surface area contributed by atoms with E-state index in [-0.39, 0.29) is 31.7 Å². The predicted molar refractivity (Wildman–Crippen MR) is 71.5 cm³/mol. The number of aliphatic hydroxyl groups is 1. The van der Waals surface area contributed by atoms with Gasteiger partial charge in [-0.3, -0.25) is 0 Å². The van der Waals surface area contributed by atoms with Gasteiger partial charge in [0.1, 0.15) is 12.4 Å². The number of hydrogen-bond acceptors (Lipinski definition) is 5. The van der Waals surface area contributed by atoms with Crippen molar-refractivity contribution in [3.63, 3.8) is 0 Å². The second-order valence-corrected chi connectivity index (χ2v) is 4.00. The van der Waals surface area contributed by atoms with Gasteiger partial charge in [-0.15, -0.1) is 12.4 Å². The molecule has 18 heavy (non-hydrogen) atoms.